The fourth-order valence-electron chi connectivity index (χ4n) is 3.50. The Morgan fingerprint density at radius 2 is 1.82 bits per heavy atom. The number of fused-ring (bicyclic) bond motifs is 1. The molecule has 0 saturated carbocycles. The van der Waals surface area contributed by atoms with Crippen molar-refractivity contribution in [1.82, 2.24) is 10.3 Å². The van der Waals surface area contributed by atoms with Crippen LogP contribution in [0.3, 0.4) is 0 Å². The number of ether oxygens (including phenoxy) is 3. The smallest absolute Gasteiger partial charge is 0.408 e. The summed E-state index contributed by atoms with van der Waals surface area (Å²) in [5.74, 6) is -0.836. The monoisotopic (exact) mass is 466 g/mol. The van der Waals surface area contributed by atoms with Gasteiger partial charge in [0.25, 0.3) is 0 Å². The summed E-state index contributed by atoms with van der Waals surface area (Å²) >= 11 is 0. The maximum Gasteiger partial charge on any atom is 0.408 e. The second-order valence-electron chi connectivity index (χ2n) is 8.93. The van der Waals surface area contributed by atoms with E-state index in [4.69, 9.17) is 14.2 Å². The Labute approximate surface area is 190 Å². The van der Waals surface area contributed by atoms with Gasteiger partial charge in [-0.05, 0) is 32.4 Å². The van der Waals surface area contributed by atoms with Crippen molar-refractivity contribution in [1.29, 1.82) is 0 Å². The Hall–Kier alpha value is -2.70. The summed E-state index contributed by atoms with van der Waals surface area (Å²) in [5, 5.41) is 42.4. The van der Waals surface area contributed by atoms with Crippen LogP contribution < -0.4 is 5.32 Å². The van der Waals surface area contributed by atoms with Gasteiger partial charge in [-0.25, -0.2) is 9.59 Å². The first-order valence-corrected chi connectivity index (χ1v) is 10.5. The molecule has 1 saturated heterocycles. The fourth-order valence-corrected chi connectivity index (χ4v) is 3.50. The van der Waals surface area contributed by atoms with Gasteiger partial charge >= 0.3 is 12.1 Å². The van der Waals surface area contributed by atoms with Crippen molar-refractivity contribution in [3.63, 3.8) is 0 Å². The number of aliphatic hydroxyl groups excluding tert-OH is 4. The second-order valence-corrected chi connectivity index (χ2v) is 8.93. The van der Waals surface area contributed by atoms with Crippen LogP contribution in [0, 0.1) is 0 Å². The molecule has 6 N–H and O–H groups in total. The minimum atomic E-state index is -1.76. The quantitative estimate of drug-likeness (QED) is 0.319. The minimum Gasteiger partial charge on any atom is -0.461 e. The molecule has 0 spiro atoms. The first-order chi connectivity index (χ1) is 15.5. The van der Waals surface area contributed by atoms with Crippen LogP contribution in [0.4, 0.5) is 4.79 Å². The number of rotatable bonds is 6. The third kappa shape index (κ3) is 6.21. The van der Waals surface area contributed by atoms with E-state index in [2.05, 4.69) is 10.3 Å². The molecular formula is C22H30N2O9. The number of aliphatic hydroxyl groups is 4. The van der Waals surface area contributed by atoms with Crippen molar-refractivity contribution in [3.8, 4) is 0 Å². The standard InChI is InChI=1S/C22H30N2O9/c1-22(2,3)33-21(30)24-14(8-11-9-23-13-7-5-4-6-12(11)13)19(28)31-10-15-16(25)17(26)18(27)20(29)32-15/h4-7,9,14-18,20,23,25-27,29H,8,10H2,1-3H3,(H,24,30)/t14-,15?,16-,17?,18?,20-/m1/s1. The van der Waals surface area contributed by atoms with Gasteiger partial charge in [0.2, 0.25) is 0 Å². The van der Waals surface area contributed by atoms with E-state index >= 15 is 0 Å². The van der Waals surface area contributed by atoms with Gasteiger partial charge in [0.1, 0.15) is 42.7 Å². The molecular weight excluding hydrogens is 436 g/mol. The molecule has 1 aromatic heterocycles. The lowest BCUT2D eigenvalue weighted by Gasteiger charge is -2.38. The van der Waals surface area contributed by atoms with Crippen LogP contribution >= 0.6 is 0 Å². The molecule has 1 fully saturated rings. The molecule has 1 aromatic carbocycles. The Balaban J connectivity index is 1.72. The van der Waals surface area contributed by atoms with Gasteiger partial charge in [0, 0.05) is 23.5 Å². The van der Waals surface area contributed by atoms with Crippen molar-refractivity contribution in [2.75, 3.05) is 6.61 Å². The maximum atomic E-state index is 12.9. The molecule has 2 heterocycles. The zero-order valence-electron chi connectivity index (χ0n) is 18.6. The van der Waals surface area contributed by atoms with Crippen molar-refractivity contribution < 1.29 is 44.2 Å². The number of benzene rings is 1. The summed E-state index contributed by atoms with van der Waals surface area (Å²) in [6.45, 7) is 4.53. The average molecular weight is 466 g/mol. The van der Waals surface area contributed by atoms with E-state index in [1.54, 1.807) is 27.0 Å². The number of para-hydroxylation sites is 1. The van der Waals surface area contributed by atoms with Crippen LogP contribution in [0.5, 0.6) is 0 Å². The van der Waals surface area contributed by atoms with Crippen LogP contribution in [-0.4, -0.2) is 86.4 Å². The Kier molecular flexibility index (Phi) is 7.60. The highest BCUT2D eigenvalue weighted by Crippen LogP contribution is 2.22. The molecule has 3 rings (SSSR count). The zero-order valence-corrected chi connectivity index (χ0v) is 18.6. The van der Waals surface area contributed by atoms with E-state index in [0.29, 0.717) is 0 Å². The lowest BCUT2D eigenvalue weighted by Crippen LogP contribution is -2.59. The summed E-state index contributed by atoms with van der Waals surface area (Å²) in [6.07, 6.45) is -7.01. The molecule has 11 nitrogen and oxygen atoms in total. The molecule has 1 aliphatic heterocycles. The lowest BCUT2D eigenvalue weighted by atomic mass is 9.99. The molecule has 6 atom stereocenters. The molecule has 0 radical (unpaired) electrons. The van der Waals surface area contributed by atoms with Crippen LogP contribution in [0.1, 0.15) is 26.3 Å². The topological polar surface area (TPSA) is 171 Å². The molecule has 33 heavy (non-hydrogen) atoms. The first kappa shape index (κ1) is 24.9. The number of nitrogens with one attached hydrogen (secondary N) is 2. The van der Waals surface area contributed by atoms with Crippen molar-refractivity contribution in [3.05, 3.63) is 36.0 Å². The van der Waals surface area contributed by atoms with Gasteiger partial charge in [0.05, 0.1) is 0 Å². The summed E-state index contributed by atoms with van der Waals surface area (Å²) in [5.41, 5.74) is 0.829. The number of carbonyl (C=O) groups excluding carboxylic acids is 2. The highest BCUT2D eigenvalue weighted by molar-refractivity contribution is 5.86. The number of amides is 1. The molecule has 0 bridgehead atoms. The van der Waals surface area contributed by atoms with E-state index in [1.807, 2.05) is 24.3 Å². The van der Waals surface area contributed by atoms with Gasteiger partial charge in [-0.3, -0.25) is 0 Å². The SMILES string of the molecule is CC(C)(C)OC(=O)N[C@H](Cc1c[nH]c2ccccc12)C(=O)OCC1O[C@@H](O)C(O)C(O)[C@@H]1O. The van der Waals surface area contributed by atoms with Gasteiger partial charge in [-0.2, -0.15) is 0 Å². The van der Waals surface area contributed by atoms with E-state index in [-0.39, 0.29) is 6.42 Å². The number of H-pyrrole nitrogens is 1. The van der Waals surface area contributed by atoms with Crippen LogP contribution in [-0.2, 0) is 25.4 Å². The Morgan fingerprint density at radius 1 is 1.12 bits per heavy atom. The van der Waals surface area contributed by atoms with Crippen LogP contribution in [0.25, 0.3) is 10.9 Å². The molecule has 182 valence electrons. The normalized spacial score (nSPS) is 26.6. The summed E-state index contributed by atoms with van der Waals surface area (Å²) in [6, 6.07) is 6.32. The van der Waals surface area contributed by atoms with Crippen molar-refractivity contribution in [2.45, 2.75) is 69.5 Å². The maximum absolute atomic E-state index is 12.9. The molecule has 0 aliphatic carbocycles. The van der Waals surface area contributed by atoms with Crippen molar-refractivity contribution >= 4 is 23.0 Å². The summed E-state index contributed by atoms with van der Waals surface area (Å²) < 4.78 is 15.5. The summed E-state index contributed by atoms with van der Waals surface area (Å²) in [7, 11) is 0. The third-order valence-electron chi connectivity index (χ3n) is 5.15. The minimum absolute atomic E-state index is 0.0835. The highest BCUT2D eigenvalue weighted by atomic mass is 16.7. The second kappa shape index (κ2) is 10.1. The number of carbonyl (C=O) groups is 2. The fraction of sp³-hybridized carbons (Fsp3) is 0.545. The largest absolute Gasteiger partial charge is 0.461 e. The van der Waals surface area contributed by atoms with Gasteiger partial charge in [-0.15, -0.1) is 0 Å². The van der Waals surface area contributed by atoms with Crippen LogP contribution in [0.2, 0.25) is 0 Å². The number of hydrogen-bond donors (Lipinski definition) is 6. The van der Waals surface area contributed by atoms with E-state index in [0.717, 1.165) is 16.5 Å². The number of alkyl carbamates (subject to hydrolysis) is 1. The Morgan fingerprint density at radius 3 is 2.52 bits per heavy atom. The molecule has 3 unspecified atom stereocenters. The summed E-state index contributed by atoms with van der Waals surface area (Å²) in [4.78, 5) is 28.3. The molecule has 1 aliphatic rings. The van der Waals surface area contributed by atoms with Gasteiger partial charge in [-0.1, -0.05) is 18.2 Å². The predicted octanol–water partition coefficient (Wildman–Crippen LogP) is -0.0532. The van der Waals surface area contributed by atoms with E-state index < -0.39 is 61.0 Å². The van der Waals surface area contributed by atoms with Gasteiger partial charge in [0.15, 0.2) is 6.29 Å². The van der Waals surface area contributed by atoms with Crippen LogP contribution in [0.15, 0.2) is 30.5 Å². The van der Waals surface area contributed by atoms with E-state index in [1.165, 1.54) is 0 Å². The third-order valence-corrected chi connectivity index (χ3v) is 5.15. The molecule has 1 amide bonds. The number of aromatic amines is 1. The van der Waals surface area contributed by atoms with Gasteiger partial charge < -0.3 is 44.9 Å². The first-order valence-electron chi connectivity index (χ1n) is 10.5. The number of hydrogen-bond acceptors (Lipinski definition) is 9. The molecule has 11 heteroatoms. The Bertz CT molecular complexity index is 970. The predicted molar refractivity (Wildman–Crippen MR) is 115 cm³/mol. The highest BCUT2D eigenvalue weighted by Gasteiger charge is 2.43. The van der Waals surface area contributed by atoms with E-state index in [9.17, 15) is 30.0 Å². The lowest BCUT2D eigenvalue weighted by molar-refractivity contribution is -0.287. The zero-order chi connectivity index (χ0) is 24.3. The average Bonchev–Trinajstić information content (AvgIpc) is 3.14. The molecule has 2 aromatic rings. The number of esters is 1. The van der Waals surface area contributed by atoms with Crippen molar-refractivity contribution in [2.24, 2.45) is 0 Å². The number of aromatic nitrogens is 1.